The van der Waals surface area contributed by atoms with Crippen LogP contribution in [0.5, 0.6) is 5.75 Å². The summed E-state index contributed by atoms with van der Waals surface area (Å²) in [5, 5.41) is 13.9. The highest BCUT2D eigenvalue weighted by Crippen LogP contribution is 2.39. The van der Waals surface area contributed by atoms with Crippen molar-refractivity contribution in [1.82, 2.24) is 10.2 Å². The van der Waals surface area contributed by atoms with Crippen LogP contribution in [0, 0.1) is 0 Å². The zero-order valence-electron chi connectivity index (χ0n) is 14.4. The highest BCUT2D eigenvalue weighted by Gasteiger charge is 2.46. The van der Waals surface area contributed by atoms with Crippen LogP contribution in [-0.2, 0) is 12.1 Å². The van der Waals surface area contributed by atoms with Crippen LogP contribution in [0.4, 0.5) is 0 Å². The van der Waals surface area contributed by atoms with Crippen LogP contribution in [0.1, 0.15) is 31.8 Å². The molecule has 0 aliphatic carbocycles. The number of nitrogens with one attached hydrogen (secondary N) is 1. The number of likely N-dealkylation sites (N-methyl/N-ethyl adjacent to an activating group) is 1. The van der Waals surface area contributed by atoms with E-state index in [1.165, 1.54) is 12.0 Å². The van der Waals surface area contributed by atoms with Crippen LogP contribution >= 0.6 is 0 Å². The first kappa shape index (κ1) is 17.0. The number of fused-ring (bicyclic) bond motifs is 1. The summed E-state index contributed by atoms with van der Waals surface area (Å²) < 4.78 is 5.24. The molecule has 0 saturated heterocycles. The van der Waals surface area contributed by atoms with Crippen molar-refractivity contribution in [2.24, 2.45) is 0 Å². The van der Waals surface area contributed by atoms with Crippen molar-refractivity contribution in [3.63, 3.8) is 0 Å². The fraction of sp³-hybridized carbons (Fsp3) is 0.263. The van der Waals surface area contributed by atoms with Crippen LogP contribution in [0.15, 0.2) is 42.5 Å². The van der Waals surface area contributed by atoms with Gasteiger partial charge in [0.05, 0.1) is 7.11 Å². The summed E-state index contributed by atoms with van der Waals surface area (Å²) in [4.78, 5) is 26.0. The Balaban J connectivity index is 2.10. The summed E-state index contributed by atoms with van der Waals surface area (Å²) in [5.74, 6) is 0.0653. The summed E-state index contributed by atoms with van der Waals surface area (Å²) in [6.45, 7) is 0. The number of aliphatic hydroxyl groups is 1. The normalized spacial score (nSPS) is 18.9. The quantitative estimate of drug-likeness (QED) is 0.885. The molecule has 1 heterocycles. The molecule has 6 nitrogen and oxygen atoms in total. The first-order chi connectivity index (χ1) is 11.9. The van der Waals surface area contributed by atoms with E-state index in [4.69, 9.17) is 4.74 Å². The summed E-state index contributed by atoms with van der Waals surface area (Å²) in [6, 6.07) is 12.0. The van der Waals surface area contributed by atoms with Gasteiger partial charge in [-0.3, -0.25) is 9.59 Å². The third-order valence-corrected chi connectivity index (χ3v) is 4.67. The standard InChI is InChI=1S/C19H20N2O4/c1-20-17(22)14-9-8-13(25-3)10-12(14)11-19(24)16-7-5-4-6-15(16)18(23)21(19)2/h4-10,24H,11H2,1-3H3,(H,20,22). The van der Waals surface area contributed by atoms with Gasteiger partial charge in [0.25, 0.3) is 11.8 Å². The second kappa shape index (κ2) is 6.22. The highest BCUT2D eigenvalue weighted by atomic mass is 16.5. The summed E-state index contributed by atoms with van der Waals surface area (Å²) >= 11 is 0. The van der Waals surface area contributed by atoms with Gasteiger partial charge >= 0.3 is 0 Å². The van der Waals surface area contributed by atoms with Gasteiger partial charge in [-0.15, -0.1) is 0 Å². The highest BCUT2D eigenvalue weighted by molar-refractivity contribution is 6.00. The van der Waals surface area contributed by atoms with E-state index in [1.54, 1.807) is 56.6 Å². The average molecular weight is 340 g/mol. The van der Waals surface area contributed by atoms with Crippen molar-refractivity contribution in [1.29, 1.82) is 0 Å². The SMILES string of the molecule is CNC(=O)c1ccc(OC)cc1CC1(O)c2ccccc2C(=O)N1C. The smallest absolute Gasteiger partial charge is 0.256 e. The second-order valence-corrected chi connectivity index (χ2v) is 6.01. The van der Waals surface area contributed by atoms with Crippen LogP contribution in [0.2, 0.25) is 0 Å². The number of carbonyl (C=O) groups excluding carboxylic acids is 2. The number of carbonyl (C=O) groups is 2. The van der Waals surface area contributed by atoms with E-state index in [0.717, 1.165) is 0 Å². The summed E-state index contributed by atoms with van der Waals surface area (Å²) in [5.41, 5.74) is 0.507. The predicted molar refractivity (Wildman–Crippen MR) is 92.5 cm³/mol. The molecule has 1 unspecified atom stereocenters. The fourth-order valence-electron chi connectivity index (χ4n) is 3.23. The molecule has 2 amide bonds. The molecule has 0 aromatic heterocycles. The molecule has 0 radical (unpaired) electrons. The Kier molecular flexibility index (Phi) is 4.22. The Bertz CT molecular complexity index is 849. The maximum atomic E-state index is 12.5. The Morgan fingerprint density at radius 2 is 2.00 bits per heavy atom. The van der Waals surface area contributed by atoms with E-state index in [1.807, 2.05) is 0 Å². The van der Waals surface area contributed by atoms with Gasteiger partial charge in [0.2, 0.25) is 0 Å². The van der Waals surface area contributed by atoms with E-state index < -0.39 is 5.72 Å². The number of methoxy groups -OCH3 is 1. The van der Waals surface area contributed by atoms with Crippen molar-refractivity contribution in [2.75, 3.05) is 21.2 Å². The third-order valence-electron chi connectivity index (χ3n) is 4.67. The first-order valence-electron chi connectivity index (χ1n) is 7.91. The molecule has 1 aliphatic rings. The Morgan fingerprint density at radius 1 is 1.28 bits per heavy atom. The van der Waals surface area contributed by atoms with Gasteiger partial charge in [-0.1, -0.05) is 18.2 Å². The van der Waals surface area contributed by atoms with Gasteiger partial charge < -0.3 is 20.1 Å². The predicted octanol–water partition coefficient (Wildman–Crippen LogP) is 1.53. The molecule has 1 atom stereocenters. The lowest BCUT2D eigenvalue weighted by Crippen LogP contribution is -2.43. The number of hydrogen-bond donors (Lipinski definition) is 2. The number of ether oxygens (including phenoxy) is 1. The molecule has 1 aliphatic heterocycles. The minimum atomic E-state index is -1.52. The van der Waals surface area contributed by atoms with Gasteiger partial charge in [0.15, 0.2) is 5.72 Å². The zero-order valence-corrected chi connectivity index (χ0v) is 14.4. The molecule has 0 bridgehead atoms. The third kappa shape index (κ3) is 2.64. The van der Waals surface area contributed by atoms with Gasteiger partial charge in [0.1, 0.15) is 5.75 Å². The molecule has 0 spiro atoms. The van der Waals surface area contributed by atoms with Crippen LogP contribution in [0.25, 0.3) is 0 Å². The van der Waals surface area contributed by atoms with E-state index >= 15 is 0 Å². The average Bonchev–Trinajstić information content (AvgIpc) is 2.83. The van der Waals surface area contributed by atoms with Gasteiger partial charge in [-0.05, 0) is 29.8 Å². The van der Waals surface area contributed by atoms with E-state index in [0.29, 0.717) is 28.0 Å². The minimum Gasteiger partial charge on any atom is -0.497 e. The lowest BCUT2D eigenvalue weighted by molar-refractivity contribution is -0.0716. The van der Waals surface area contributed by atoms with E-state index in [-0.39, 0.29) is 18.2 Å². The van der Waals surface area contributed by atoms with E-state index in [9.17, 15) is 14.7 Å². The summed E-state index contributed by atoms with van der Waals surface area (Å²) in [7, 11) is 4.64. The molecular weight excluding hydrogens is 320 g/mol. The topological polar surface area (TPSA) is 78.9 Å². The fourth-order valence-corrected chi connectivity index (χ4v) is 3.23. The van der Waals surface area contributed by atoms with Crippen LogP contribution in [0.3, 0.4) is 0 Å². The molecule has 2 aromatic carbocycles. The first-order valence-corrected chi connectivity index (χ1v) is 7.91. The second-order valence-electron chi connectivity index (χ2n) is 6.01. The zero-order chi connectivity index (χ0) is 18.2. The number of rotatable bonds is 4. The van der Waals surface area contributed by atoms with Crippen molar-refractivity contribution < 1.29 is 19.4 Å². The lowest BCUT2D eigenvalue weighted by atomic mass is 9.91. The molecular formula is C19H20N2O4. The maximum Gasteiger partial charge on any atom is 0.256 e. The lowest BCUT2D eigenvalue weighted by Gasteiger charge is -2.32. The van der Waals surface area contributed by atoms with Crippen LogP contribution in [-0.4, -0.2) is 43.0 Å². The van der Waals surface area contributed by atoms with E-state index in [2.05, 4.69) is 5.32 Å². The number of nitrogens with zero attached hydrogens (tertiary/aromatic N) is 1. The molecule has 0 fully saturated rings. The van der Waals surface area contributed by atoms with Crippen molar-refractivity contribution in [3.05, 3.63) is 64.7 Å². The number of benzene rings is 2. The largest absolute Gasteiger partial charge is 0.497 e. The Morgan fingerprint density at radius 3 is 2.68 bits per heavy atom. The maximum absolute atomic E-state index is 12.5. The molecule has 130 valence electrons. The van der Waals surface area contributed by atoms with Gasteiger partial charge in [-0.2, -0.15) is 0 Å². The van der Waals surface area contributed by atoms with Crippen LogP contribution < -0.4 is 10.1 Å². The monoisotopic (exact) mass is 340 g/mol. The minimum absolute atomic E-state index is 0.0756. The molecule has 25 heavy (non-hydrogen) atoms. The van der Waals surface area contributed by atoms with Gasteiger partial charge in [-0.25, -0.2) is 0 Å². The number of amides is 2. The molecule has 6 heteroatoms. The molecule has 2 aromatic rings. The Labute approximate surface area is 146 Å². The van der Waals surface area contributed by atoms with Crippen molar-refractivity contribution >= 4 is 11.8 Å². The number of hydrogen-bond acceptors (Lipinski definition) is 4. The summed E-state index contributed by atoms with van der Waals surface area (Å²) in [6.07, 6.45) is 0.0756. The van der Waals surface area contributed by atoms with Crippen molar-refractivity contribution in [2.45, 2.75) is 12.1 Å². The molecule has 2 N–H and O–H groups in total. The Hall–Kier alpha value is -2.86. The van der Waals surface area contributed by atoms with Crippen molar-refractivity contribution in [3.8, 4) is 5.75 Å². The van der Waals surface area contributed by atoms with Gasteiger partial charge in [0, 0.05) is 37.2 Å². The molecule has 3 rings (SSSR count). The molecule has 0 saturated carbocycles.